The Labute approximate surface area is 124 Å². The number of hydrogen-bond acceptors (Lipinski definition) is 4. The van der Waals surface area contributed by atoms with E-state index < -0.39 is 5.97 Å². The summed E-state index contributed by atoms with van der Waals surface area (Å²) >= 11 is 1.71. The summed E-state index contributed by atoms with van der Waals surface area (Å²) in [4.78, 5) is 18.3. The molecule has 1 aliphatic heterocycles. The predicted molar refractivity (Wildman–Crippen MR) is 80.4 cm³/mol. The molecule has 1 atom stereocenters. The van der Waals surface area contributed by atoms with Gasteiger partial charge in [0.1, 0.15) is 0 Å². The fraction of sp³-hybridized carbons (Fsp3) is 0.667. The topological polar surface area (TPSA) is 43.8 Å². The average Bonchev–Trinajstić information content (AvgIpc) is 2.80. The van der Waals surface area contributed by atoms with Crippen LogP contribution in [0.25, 0.3) is 0 Å². The lowest BCUT2D eigenvalue weighted by Gasteiger charge is -2.39. The SMILES string of the molecule is CN1CCN(C2CCCc3sc(CC(=O)O)cc32)CC1. The molecule has 3 rings (SSSR count). The molecular weight excluding hydrogens is 272 g/mol. The molecule has 2 heterocycles. The molecule has 2 aliphatic rings. The zero-order valence-corrected chi connectivity index (χ0v) is 12.8. The molecule has 20 heavy (non-hydrogen) atoms. The van der Waals surface area contributed by atoms with E-state index in [2.05, 4.69) is 22.9 Å². The molecule has 1 aromatic heterocycles. The monoisotopic (exact) mass is 294 g/mol. The van der Waals surface area contributed by atoms with Crippen LogP contribution in [0.4, 0.5) is 0 Å². The second kappa shape index (κ2) is 5.84. The van der Waals surface area contributed by atoms with Crippen LogP contribution in [-0.2, 0) is 17.6 Å². The Balaban J connectivity index is 1.78. The number of likely N-dealkylation sites (N-methyl/N-ethyl adjacent to an activating group) is 1. The van der Waals surface area contributed by atoms with Gasteiger partial charge in [-0.2, -0.15) is 0 Å². The Morgan fingerprint density at radius 3 is 2.85 bits per heavy atom. The van der Waals surface area contributed by atoms with Gasteiger partial charge in [-0.1, -0.05) is 0 Å². The summed E-state index contributed by atoms with van der Waals surface area (Å²) < 4.78 is 0. The fourth-order valence-corrected chi connectivity index (χ4v) is 4.60. The first-order valence-corrected chi connectivity index (χ1v) is 8.21. The van der Waals surface area contributed by atoms with Gasteiger partial charge in [-0.15, -0.1) is 11.3 Å². The second-order valence-electron chi connectivity index (χ2n) is 5.91. The maximum absolute atomic E-state index is 10.9. The van der Waals surface area contributed by atoms with Crippen molar-refractivity contribution < 1.29 is 9.90 Å². The lowest BCUT2D eigenvalue weighted by atomic mass is 9.92. The van der Waals surface area contributed by atoms with Crippen LogP contribution in [0.15, 0.2) is 6.07 Å². The van der Waals surface area contributed by atoms with E-state index in [1.165, 1.54) is 23.3 Å². The van der Waals surface area contributed by atoms with Crippen molar-refractivity contribution in [1.82, 2.24) is 9.80 Å². The lowest BCUT2D eigenvalue weighted by Crippen LogP contribution is -2.46. The molecule has 1 N–H and O–H groups in total. The smallest absolute Gasteiger partial charge is 0.308 e. The summed E-state index contributed by atoms with van der Waals surface area (Å²) in [6.45, 7) is 4.53. The van der Waals surface area contributed by atoms with Crippen molar-refractivity contribution in [3.8, 4) is 0 Å². The standard InChI is InChI=1S/C15H22N2O2S/c1-16-5-7-17(8-6-16)13-3-2-4-14-12(13)9-11(20-14)10-15(18)19/h9,13H,2-8,10H2,1H3,(H,18,19). The van der Waals surface area contributed by atoms with Crippen molar-refractivity contribution in [2.45, 2.75) is 31.7 Å². The minimum Gasteiger partial charge on any atom is -0.481 e. The molecule has 110 valence electrons. The number of carboxylic acid groups (broad SMARTS) is 1. The van der Waals surface area contributed by atoms with Crippen LogP contribution in [0, 0.1) is 0 Å². The minimum atomic E-state index is -0.722. The van der Waals surface area contributed by atoms with E-state index in [-0.39, 0.29) is 6.42 Å². The Hall–Kier alpha value is -0.910. The molecule has 0 bridgehead atoms. The fourth-order valence-electron chi connectivity index (χ4n) is 3.34. The molecule has 5 heteroatoms. The van der Waals surface area contributed by atoms with Crippen molar-refractivity contribution in [2.75, 3.05) is 33.2 Å². The van der Waals surface area contributed by atoms with E-state index >= 15 is 0 Å². The highest BCUT2D eigenvalue weighted by molar-refractivity contribution is 7.12. The van der Waals surface area contributed by atoms with Gasteiger partial charge in [0.25, 0.3) is 0 Å². The van der Waals surface area contributed by atoms with Crippen molar-refractivity contribution in [1.29, 1.82) is 0 Å². The number of hydrogen-bond donors (Lipinski definition) is 1. The Morgan fingerprint density at radius 2 is 2.15 bits per heavy atom. The number of carbonyl (C=O) groups is 1. The second-order valence-corrected chi connectivity index (χ2v) is 7.13. The minimum absolute atomic E-state index is 0.174. The predicted octanol–water partition coefficient (Wildman–Crippen LogP) is 2.00. The van der Waals surface area contributed by atoms with Crippen LogP contribution in [-0.4, -0.2) is 54.1 Å². The molecule has 1 aromatic rings. The summed E-state index contributed by atoms with van der Waals surface area (Å²) in [5, 5.41) is 8.96. The molecular formula is C15H22N2O2S. The van der Waals surface area contributed by atoms with E-state index in [9.17, 15) is 4.79 Å². The highest BCUT2D eigenvalue weighted by atomic mass is 32.1. The van der Waals surface area contributed by atoms with Gasteiger partial charge in [0.15, 0.2) is 0 Å². The molecule has 0 amide bonds. The van der Waals surface area contributed by atoms with E-state index in [0.717, 1.165) is 37.5 Å². The molecule has 1 aliphatic carbocycles. The van der Waals surface area contributed by atoms with Crippen molar-refractivity contribution in [2.24, 2.45) is 0 Å². The van der Waals surface area contributed by atoms with E-state index in [1.54, 1.807) is 11.3 Å². The summed E-state index contributed by atoms with van der Waals surface area (Å²) in [6.07, 6.45) is 3.76. The zero-order valence-electron chi connectivity index (χ0n) is 12.0. The molecule has 4 nitrogen and oxygen atoms in total. The van der Waals surface area contributed by atoms with E-state index in [4.69, 9.17) is 5.11 Å². The summed E-state index contributed by atoms with van der Waals surface area (Å²) in [5.41, 5.74) is 1.42. The van der Waals surface area contributed by atoms with Crippen LogP contribution >= 0.6 is 11.3 Å². The van der Waals surface area contributed by atoms with Crippen molar-refractivity contribution >= 4 is 17.3 Å². The van der Waals surface area contributed by atoms with Gasteiger partial charge < -0.3 is 10.0 Å². The third-order valence-corrected chi connectivity index (χ3v) is 5.65. The van der Waals surface area contributed by atoms with Crippen molar-refractivity contribution in [3.63, 3.8) is 0 Å². The maximum Gasteiger partial charge on any atom is 0.308 e. The average molecular weight is 294 g/mol. The Morgan fingerprint density at radius 1 is 1.40 bits per heavy atom. The maximum atomic E-state index is 10.9. The number of aryl methyl sites for hydroxylation is 1. The van der Waals surface area contributed by atoms with Gasteiger partial charge >= 0.3 is 5.97 Å². The Bertz CT molecular complexity index is 492. The van der Waals surface area contributed by atoms with Crippen LogP contribution in [0.5, 0.6) is 0 Å². The number of fused-ring (bicyclic) bond motifs is 1. The summed E-state index contributed by atoms with van der Waals surface area (Å²) in [7, 11) is 2.18. The number of nitrogens with zero attached hydrogens (tertiary/aromatic N) is 2. The van der Waals surface area contributed by atoms with E-state index in [0.29, 0.717) is 6.04 Å². The third-order valence-electron chi connectivity index (χ3n) is 4.44. The first-order valence-electron chi connectivity index (χ1n) is 7.39. The largest absolute Gasteiger partial charge is 0.481 e. The normalized spacial score (nSPS) is 24.6. The molecule has 1 fully saturated rings. The molecule has 0 aromatic carbocycles. The van der Waals surface area contributed by atoms with Crippen LogP contribution in [0.3, 0.4) is 0 Å². The van der Waals surface area contributed by atoms with Gasteiger partial charge in [0.2, 0.25) is 0 Å². The van der Waals surface area contributed by atoms with Crippen LogP contribution in [0.2, 0.25) is 0 Å². The highest BCUT2D eigenvalue weighted by Gasteiger charge is 2.29. The molecule has 1 unspecified atom stereocenters. The lowest BCUT2D eigenvalue weighted by molar-refractivity contribution is -0.136. The first kappa shape index (κ1) is 14.0. The molecule has 1 saturated heterocycles. The number of carboxylic acids is 1. The van der Waals surface area contributed by atoms with Gasteiger partial charge in [-0.25, -0.2) is 0 Å². The van der Waals surface area contributed by atoms with Gasteiger partial charge in [-0.05, 0) is 37.9 Å². The highest BCUT2D eigenvalue weighted by Crippen LogP contribution is 2.39. The zero-order chi connectivity index (χ0) is 14.1. The quantitative estimate of drug-likeness (QED) is 0.926. The number of aliphatic carboxylic acids is 1. The van der Waals surface area contributed by atoms with E-state index in [1.807, 2.05) is 0 Å². The van der Waals surface area contributed by atoms with Gasteiger partial charge in [0.05, 0.1) is 6.42 Å². The molecule has 0 radical (unpaired) electrons. The summed E-state index contributed by atoms with van der Waals surface area (Å²) in [5.74, 6) is -0.722. The number of piperazine rings is 1. The van der Waals surface area contributed by atoms with Crippen molar-refractivity contribution in [3.05, 3.63) is 21.4 Å². The van der Waals surface area contributed by atoms with Crippen LogP contribution in [0.1, 0.15) is 34.2 Å². The number of rotatable bonds is 3. The third kappa shape index (κ3) is 2.90. The molecule has 0 saturated carbocycles. The summed E-state index contributed by atoms with van der Waals surface area (Å²) in [6, 6.07) is 2.68. The Kier molecular flexibility index (Phi) is 4.10. The first-order chi connectivity index (χ1) is 9.63. The molecule has 0 spiro atoms. The van der Waals surface area contributed by atoms with Gasteiger partial charge in [-0.3, -0.25) is 9.69 Å². The number of thiophene rings is 1. The van der Waals surface area contributed by atoms with Gasteiger partial charge in [0, 0.05) is 42.0 Å². The van der Waals surface area contributed by atoms with Crippen LogP contribution < -0.4 is 0 Å².